The van der Waals surface area contributed by atoms with Gasteiger partial charge in [0.25, 0.3) is 0 Å². The van der Waals surface area contributed by atoms with Crippen molar-refractivity contribution in [1.82, 2.24) is 0 Å². The highest BCUT2D eigenvalue weighted by molar-refractivity contribution is 5.24. The summed E-state index contributed by atoms with van der Waals surface area (Å²) in [4.78, 5) is 0. The molecule has 0 saturated heterocycles. The molecule has 1 atom stereocenters. The Labute approximate surface area is 150 Å². The fourth-order valence-electron chi connectivity index (χ4n) is 3.93. The van der Waals surface area contributed by atoms with Crippen molar-refractivity contribution in [3.63, 3.8) is 0 Å². The van der Waals surface area contributed by atoms with Gasteiger partial charge in [0, 0.05) is 0 Å². The van der Waals surface area contributed by atoms with Crippen molar-refractivity contribution in [1.29, 1.82) is 0 Å². The zero-order chi connectivity index (χ0) is 19.3. The second-order valence-corrected chi connectivity index (χ2v) is 7.86. The standard InChI is InChI=1S/C11H13F3O.C10H20/c1-8(2)10(15,11(12,13)14)9-6-4-3-5-7-9;1-4-10(9(2)3)7-5-6-8-10/h3-8,15H,1-2H3;9H,4-8H2,1-3H3. The molecule has 25 heavy (non-hydrogen) atoms. The number of aliphatic hydroxyl groups is 1. The fourth-order valence-corrected chi connectivity index (χ4v) is 3.93. The van der Waals surface area contributed by atoms with Crippen LogP contribution in [0.1, 0.15) is 72.3 Å². The molecule has 0 heterocycles. The highest BCUT2D eigenvalue weighted by Crippen LogP contribution is 2.46. The summed E-state index contributed by atoms with van der Waals surface area (Å²) in [7, 11) is 0. The third-order valence-corrected chi connectivity index (χ3v) is 6.01. The van der Waals surface area contributed by atoms with Gasteiger partial charge in [-0.15, -0.1) is 0 Å². The number of rotatable bonds is 4. The van der Waals surface area contributed by atoms with Gasteiger partial charge in [0.15, 0.2) is 5.60 Å². The number of hydrogen-bond acceptors (Lipinski definition) is 1. The van der Waals surface area contributed by atoms with E-state index < -0.39 is 17.7 Å². The van der Waals surface area contributed by atoms with Crippen LogP contribution in [0.3, 0.4) is 0 Å². The maximum absolute atomic E-state index is 12.8. The molecule has 0 spiro atoms. The second kappa shape index (κ2) is 8.57. The molecule has 2 rings (SSSR count). The molecule has 1 nitrogen and oxygen atoms in total. The average molecular weight is 358 g/mol. The summed E-state index contributed by atoms with van der Waals surface area (Å²) >= 11 is 0. The van der Waals surface area contributed by atoms with Gasteiger partial charge in [-0.05, 0) is 35.7 Å². The summed E-state index contributed by atoms with van der Waals surface area (Å²) in [5.41, 5.74) is -2.15. The van der Waals surface area contributed by atoms with Crippen LogP contribution in [0.4, 0.5) is 13.2 Å². The van der Waals surface area contributed by atoms with Crippen LogP contribution in [-0.2, 0) is 5.60 Å². The fraction of sp³-hybridized carbons (Fsp3) is 0.714. The van der Waals surface area contributed by atoms with E-state index in [1.54, 1.807) is 6.07 Å². The first kappa shape index (κ1) is 22.0. The molecule has 1 unspecified atom stereocenters. The zero-order valence-electron chi connectivity index (χ0n) is 16.2. The molecule has 1 aromatic carbocycles. The Hall–Kier alpha value is -1.03. The van der Waals surface area contributed by atoms with E-state index in [0.29, 0.717) is 0 Å². The molecular weight excluding hydrogens is 325 g/mol. The number of halogens is 3. The van der Waals surface area contributed by atoms with E-state index in [9.17, 15) is 18.3 Å². The topological polar surface area (TPSA) is 20.2 Å². The van der Waals surface area contributed by atoms with E-state index in [2.05, 4.69) is 20.8 Å². The summed E-state index contributed by atoms with van der Waals surface area (Å²) in [6.45, 7) is 9.82. The predicted octanol–water partition coefficient (Wildman–Crippen LogP) is 6.71. The van der Waals surface area contributed by atoms with Crippen LogP contribution in [0.5, 0.6) is 0 Å². The quantitative estimate of drug-likeness (QED) is 0.634. The van der Waals surface area contributed by atoms with Gasteiger partial charge in [-0.3, -0.25) is 0 Å². The Kier molecular flexibility index (Phi) is 7.54. The van der Waals surface area contributed by atoms with Gasteiger partial charge in [0.2, 0.25) is 0 Å². The Bertz CT molecular complexity index is 502. The lowest BCUT2D eigenvalue weighted by Crippen LogP contribution is -2.46. The molecule has 0 amide bonds. The van der Waals surface area contributed by atoms with Crippen molar-refractivity contribution < 1.29 is 18.3 Å². The zero-order valence-corrected chi connectivity index (χ0v) is 16.2. The normalized spacial score (nSPS) is 19.5. The van der Waals surface area contributed by atoms with Crippen LogP contribution >= 0.6 is 0 Å². The third-order valence-electron chi connectivity index (χ3n) is 6.01. The van der Waals surface area contributed by atoms with E-state index in [1.165, 1.54) is 70.2 Å². The summed E-state index contributed by atoms with van der Waals surface area (Å²) in [5, 5.41) is 9.77. The molecule has 4 heteroatoms. The summed E-state index contributed by atoms with van der Waals surface area (Å²) in [6.07, 6.45) is 2.66. The van der Waals surface area contributed by atoms with Crippen molar-refractivity contribution in [3.05, 3.63) is 35.9 Å². The third kappa shape index (κ3) is 4.78. The minimum Gasteiger partial charge on any atom is -0.376 e. The van der Waals surface area contributed by atoms with Crippen LogP contribution in [0.15, 0.2) is 30.3 Å². The second-order valence-electron chi connectivity index (χ2n) is 7.86. The molecule has 1 saturated carbocycles. The lowest BCUT2D eigenvalue weighted by molar-refractivity contribution is -0.283. The van der Waals surface area contributed by atoms with E-state index in [0.717, 1.165) is 11.3 Å². The lowest BCUT2D eigenvalue weighted by atomic mass is 9.74. The average Bonchev–Trinajstić information content (AvgIpc) is 3.04. The lowest BCUT2D eigenvalue weighted by Gasteiger charge is -2.34. The first-order valence-corrected chi connectivity index (χ1v) is 9.36. The number of hydrogen-bond donors (Lipinski definition) is 1. The predicted molar refractivity (Wildman–Crippen MR) is 97.3 cm³/mol. The van der Waals surface area contributed by atoms with Crippen molar-refractivity contribution >= 4 is 0 Å². The van der Waals surface area contributed by atoms with Crippen LogP contribution in [-0.4, -0.2) is 11.3 Å². The molecule has 1 fully saturated rings. The van der Waals surface area contributed by atoms with Crippen molar-refractivity contribution in [2.24, 2.45) is 17.3 Å². The van der Waals surface area contributed by atoms with E-state index in [4.69, 9.17) is 0 Å². The van der Waals surface area contributed by atoms with Crippen LogP contribution < -0.4 is 0 Å². The highest BCUT2D eigenvalue weighted by atomic mass is 19.4. The molecule has 1 aliphatic rings. The van der Waals surface area contributed by atoms with E-state index >= 15 is 0 Å². The number of alkyl halides is 3. The maximum atomic E-state index is 12.8. The van der Waals surface area contributed by atoms with Crippen molar-refractivity contribution in [2.45, 2.75) is 78.5 Å². The Balaban J connectivity index is 0.000000271. The summed E-state index contributed by atoms with van der Waals surface area (Å²) in [6, 6.07) is 7.14. The van der Waals surface area contributed by atoms with Crippen molar-refractivity contribution in [3.8, 4) is 0 Å². The minimum atomic E-state index is -4.66. The summed E-state index contributed by atoms with van der Waals surface area (Å²) < 4.78 is 38.4. The first-order valence-electron chi connectivity index (χ1n) is 9.36. The SMILES string of the molecule is CC(C)C(O)(c1ccccc1)C(F)(F)F.CCC1(C(C)C)CCCC1. The molecule has 1 N–H and O–H groups in total. The molecule has 0 aliphatic heterocycles. The molecule has 1 aliphatic carbocycles. The summed E-state index contributed by atoms with van der Waals surface area (Å²) in [5.74, 6) is -0.0279. The Morgan fingerprint density at radius 1 is 1.00 bits per heavy atom. The molecule has 0 radical (unpaired) electrons. The van der Waals surface area contributed by atoms with Gasteiger partial charge in [-0.2, -0.15) is 13.2 Å². The molecular formula is C21H33F3O. The molecule has 0 bridgehead atoms. The van der Waals surface area contributed by atoms with Gasteiger partial charge < -0.3 is 5.11 Å². The largest absolute Gasteiger partial charge is 0.421 e. The van der Waals surface area contributed by atoms with Crippen LogP contribution in [0.2, 0.25) is 0 Å². The Morgan fingerprint density at radius 3 is 1.76 bits per heavy atom. The Morgan fingerprint density at radius 2 is 1.48 bits per heavy atom. The molecule has 144 valence electrons. The van der Waals surface area contributed by atoms with Crippen LogP contribution in [0, 0.1) is 17.3 Å². The first-order chi connectivity index (χ1) is 11.5. The smallest absolute Gasteiger partial charge is 0.376 e. The van der Waals surface area contributed by atoms with Gasteiger partial charge in [-0.1, -0.05) is 84.2 Å². The van der Waals surface area contributed by atoms with Gasteiger partial charge in [0.1, 0.15) is 0 Å². The van der Waals surface area contributed by atoms with E-state index in [-0.39, 0.29) is 5.56 Å². The van der Waals surface area contributed by atoms with Gasteiger partial charge >= 0.3 is 6.18 Å². The van der Waals surface area contributed by atoms with Crippen molar-refractivity contribution in [2.75, 3.05) is 0 Å². The highest BCUT2D eigenvalue weighted by Gasteiger charge is 2.56. The van der Waals surface area contributed by atoms with Crippen LogP contribution in [0.25, 0.3) is 0 Å². The molecule has 0 aromatic heterocycles. The number of benzene rings is 1. The monoisotopic (exact) mass is 358 g/mol. The van der Waals surface area contributed by atoms with Gasteiger partial charge in [-0.25, -0.2) is 0 Å². The minimum absolute atomic E-state index is 0.118. The maximum Gasteiger partial charge on any atom is 0.421 e. The van der Waals surface area contributed by atoms with Gasteiger partial charge in [0.05, 0.1) is 0 Å². The molecule has 1 aromatic rings. The van der Waals surface area contributed by atoms with E-state index in [1.807, 2.05) is 0 Å².